The first-order valence-electron chi connectivity index (χ1n) is 10.4. The number of carbonyl (C=O) groups is 2. The van der Waals surface area contributed by atoms with E-state index in [9.17, 15) is 18.0 Å². The normalized spacial score (nSPS) is 19.1. The molecule has 10 heteroatoms. The number of rotatable bonds is 5. The van der Waals surface area contributed by atoms with Gasteiger partial charge in [-0.25, -0.2) is 8.42 Å². The van der Waals surface area contributed by atoms with Crippen molar-refractivity contribution in [1.82, 2.24) is 9.80 Å². The van der Waals surface area contributed by atoms with Gasteiger partial charge in [-0.1, -0.05) is 23.7 Å². The van der Waals surface area contributed by atoms with Crippen LogP contribution in [0.1, 0.15) is 23.2 Å². The lowest BCUT2D eigenvalue weighted by Gasteiger charge is -2.36. The Labute approximate surface area is 192 Å². The number of sulfonamides is 1. The van der Waals surface area contributed by atoms with Crippen molar-refractivity contribution in [2.45, 2.75) is 23.8 Å². The Kier molecular flexibility index (Phi) is 6.68. The molecule has 32 heavy (non-hydrogen) atoms. The summed E-state index contributed by atoms with van der Waals surface area (Å²) in [5, 5.41) is 0.427. The lowest BCUT2D eigenvalue weighted by Crippen LogP contribution is -2.52. The number of para-hydroxylation sites is 1. The van der Waals surface area contributed by atoms with Crippen LogP contribution < -0.4 is 4.72 Å². The number of hydrogen-bond acceptors (Lipinski definition) is 5. The van der Waals surface area contributed by atoms with E-state index in [4.69, 9.17) is 16.3 Å². The van der Waals surface area contributed by atoms with Gasteiger partial charge in [0, 0.05) is 37.8 Å². The fraction of sp³-hybridized carbons (Fsp3) is 0.364. The van der Waals surface area contributed by atoms with Gasteiger partial charge in [0.25, 0.3) is 21.8 Å². The SMILES string of the molecule is O=C(c1ccccc1NS(=O)(=O)c1ccc(Cl)cc1)N1CCN(C(=O)C2CCCO2)CC1. The molecule has 2 aliphatic rings. The van der Waals surface area contributed by atoms with Crippen molar-refractivity contribution < 1.29 is 22.7 Å². The van der Waals surface area contributed by atoms with Gasteiger partial charge in [-0.15, -0.1) is 0 Å². The topological polar surface area (TPSA) is 96.0 Å². The molecule has 8 nitrogen and oxygen atoms in total. The highest BCUT2D eigenvalue weighted by molar-refractivity contribution is 7.92. The molecule has 2 fully saturated rings. The van der Waals surface area contributed by atoms with E-state index in [-0.39, 0.29) is 34.1 Å². The Morgan fingerprint density at radius 2 is 1.62 bits per heavy atom. The van der Waals surface area contributed by atoms with Gasteiger partial charge in [0.1, 0.15) is 6.10 Å². The molecular weight excluding hydrogens is 454 g/mol. The number of anilines is 1. The average Bonchev–Trinajstić information content (AvgIpc) is 3.34. The number of ether oxygens (including phenoxy) is 1. The molecule has 4 rings (SSSR count). The second-order valence-corrected chi connectivity index (χ2v) is 9.84. The van der Waals surface area contributed by atoms with Crippen LogP contribution in [0.3, 0.4) is 0 Å². The molecule has 1 atom stereocenters. The Morgan fingerprint density at radius 3 is 2.28 bits per heavy atom. The minimum absolute atomic E-state index is 0.0225. The van der Waals surface area contributed by atoms with E-state index >= 15 is 0 Å². The van der Waals surface area contributed by atoms with E-state index in [1.165, 1.54) is 24.3 Å². The van der Waals surface area contributed by atoms with Crippen molar-refractivity contribution in [2.24, 2.45) is 0 Å². The fourth-order valence-electron chi connectivity index (χ4n) is 3.85. The maximum absolute atomic E-state index is 13.2. The van der Waals surface area contributed by atoms with Crippen LogP contribution in [-0.2, 0) is 19.6 Å². The zero-order valence-corrected chi connectivity index (χ0v) is 18.9. The minimum Gasteiger partial charge on any atom is -0.368 e. The molecule has 0 saturated carbocycles. The summed E-state index contributed by atoms with van der Waals surface area (Å²) < 4.78 is 33.5. The summed E-state index contributed by atoms with van der Waals surface area (Å²) in [5.41, 5.74) is 0.453. The third-order valence-corrected chi connectivity index (χ3v) is 7.24. The first-order chi connectivity index (χ1) is 15.3. The number of hydrogen-bond donors (Lipinski definition) is 1. The van der Waals surface area contributed by atoms with Crippen molar-refractivity contribution in [3.8, 4) is 0 Å². The largest absolute Gasteiger partial charge is 0.368 e. The van der Waals surface area contributed by atoms with Gasteiger partial charge < -0.3 is 14.5 Å². The molecule has 2 heterocycles. The van der Waals surface area contributed by atoms with E-state index in [1.807, 2.05) is 0 Å². The average molecular weight is 478 g/mol. The Morgan fingerprint density at radius 1 is 0.969 bits per heavy atom. The minimum atomic E-state index is -3.89. The molecule has 1 N–H and O–H groups in total. The number of nitrogens with zero attached hydrogens (tertiary/aromatic N) is 2. The van der Waals surface area contributed by atoms with Crippen molar-refractivity contribution in [3.05, 3.63) is 59.1 Å². The summed E-state index contributed by atoms with van der Waals surface area (Å²) in [5.74, 6) is -0.311. The molecule has 1 unspecified atom stereocenters. The molecule has 0 aliphatic carbocycles. The summed E-state index contributed by atoms with van der Waals surface area (Å²) in [7, 11) is -3.89. The van der Waals surface area contributed by atoms with Crippen molar-refractivity contribution >= 4 is 39.1 Å². The third kappa shape index (κ3) is 4.90. The number of amides is 2. The van der Waals surface area contributed by atoms with Crippen LogP contribution in [0, 0.1) is 0 Å². The molecule has 0 spiro atoms. The molecule has 0 aromatic heterocycles. The fourth-order valence-corrected chi connectivity index (χ4v) is 5.06. The highest BCUT2D eigenvalue weighted by Crippen LogP contribution is 2.23. The van der Waals surface area contributed by atoms with Crippen LogP contribution in [0.15, 0.2) is 53.4 Å². The van der Waals surface area contributed by atoms with Crippen molar-refractivity contribution in [2.75, 3.05) is 37.5 Å². The highest BCUT2D eigenvalue weighted by Gasteiger charge is 2.32. The second kappa shape index (κ2) is 9.48. The number of benzene rings is 2. The predicted octanol–water partition coefficient (Wildman–Crippen LogP) is 2.60. The van der Waals surface area contributed by atoms with Crippen LogP contribution >= 0.6 is 11.6 Å². The van der Waals surface area contributed by atoms with Crippen LogP contribution in [0.2, 0.25) is 5.02 Å². The lowest BCUT2D eigenvalue weighted by atomic mass is 10.1. The molecule has 170 valence electrons. The molecule has 2 amide bonds. The van der Waals surface area contributed by atoms with E-state index in [1.54, 1.807) is 34.1 Å². The Balaban J connectivity index is 1.45. The van der Waals surface area contributed by atoms with Gasteiger partial charge in [0.05, 0.1) is 16.1 Å². The van der Waals surface area contributed by atoms with E-state index in [0.717, 1.165) is 12.8 Å². The second-order valence-electron chi connectivity index (χ2n) is 7.72. The summed E-state index contributed by atoms with van der Waals surface area (Å²) in [6.45, 7) is 2.19. The van der Waals surface area contributed by atoms with Crippen LogP contribution in [0.25, 0.3) is 0 Å². The summed E-state index contributed by atoms with van der Waals surface area (Å²) in [6, 6.07) is 12.3. The van der Waals surface area contributed by atoms with Crippen LogP contribution in [0.5, 0.6) is 0 Å². The van der Waals surface area contributed by atoms with E-state index in [2.05, 4.69) is 4.72 Å². The number of halogens is 1. The molecular formula is C22H24ClN3O5S. The third-order valence-electron chi connectivity index (χ3n) is 5.61. The highest BCUT2D eigenvalue weighted by atomic mass is 35.5. The number of piperazine rings is 1. The number of nitrogens with one attached hydrogen (secondary N) is 1. The molecule has 2 aliphatic heterocycles. The van der Waals surface area contributed by atoms with Crippen LogP contribution in [0.4, 0.5) is 5.69 Å². The molecule has 2 saturated heterocycles. The van der Waals surface area contributed by atoms with Gasteiger partial charge in [-0.2, -0.15) is 0 Å². The summed E-state index contributed by atoms with van der Waals surface area (Å²) in [6.07, 6.45) is 1.25. The quantitative estimate of drug-likeness (QED) is 0.714. The maximum atomic E-state index is 13.2. The standard InChI is InChI=1S/C22H24ClN3O5S/c23-16-7-9-17(10-8-16)32(29,30)24-19-5-2-1-4-18(19)21(27)25-11-13-26(14-12-25)22(28)20-6-3-15-31-20/h1-2,4-5,7-10,20,24H,3,6,11-15H2. The maximum Gasteiger partial charge on any atom is 0.261 e. The predicted molar refractivity (Wildman–Crippen MR) is 120 cm³/mol. The zero-order valence-electron chi connectivity index (χ0n) is 17.4. The van der Waals surface area contributed by atoms with Gasteiger partial charge >= 0.3 is 0 Å². The first-order valence-corrected chi connectivity index (χ1v) is 12.3. The molecule has 2 aromatic carbocycles. The van der Waals surface area contributed by atoms with E-state index in [0.29, 0.717) is 37.8 Å². The van der Waals surface area contributed by atoms with Gasteiger partial charge in [-0.05, 0) is 49.2 Å². The zero-order chi connectivity index (χ0) is 22.7. The molecule has 0 bridgehead atoms. The molecule has 2 aromatic rings. The Hall–Kier alpha value is -2.62. The smallest absolute Gasteiger partial charge is 0.261 e. The van der Waals surface area contributed by atoms with Crippen LogP contribution in [-0.4, -0.2) is 68.9 Å². The lowest BCUT2D eigenvalue weighted by molar-refractivity contribution is -0.142. The van der Waals surface area contributed by atoms with E-state index < -0.39 is 10.0 Å². The summed E-state index contributed by atoms with van der Waals surface area (Å²) in [4.78, 5) is 29.1. The van der Waals surface area contributed by atoms with Crippen molar-refractivity contribution in [3.63, 3.8) is 0 Å². The number of carbonyl (C=O) groups excluding carboxylic acids is 2. The monoisotopic (exact) mass is 477 g/mol. The summed E-state index contributed by atoms with van der Waals surface area (Å²) >= 11 is 5.84. The Bertz CT molecular complexity index is 1090. The van der Waals surface area contributed by atoms with Gasteiger partial charge in [-0.3, -0.25) is 14.3 Å². The molecule has 0 radical (unpaired) electrons. The van der Waals surface area contributed by atoms with Gasteiger partial charge in [0.15, 0.2) is 0 Å². The van der Waals surface area contributed by atoms with Gasteiger partial charge in [0.2, 0.25) is 0 Å². The first kappa shape index (κ1) is 22.6. The van der Waals surface area contributed by atoms with Crippen molar-refractivity contribution in [1.29, 1.82) is 0 Å².